The summed E-state index contributed by atoms with van der Waals surface area (Å²) in [7, 11) is 0. The first-order valence-corrected chi connectivity index (χ1v) is 6.04. The van der Waals surface area contributed by atoms with Crippen LogP contribution in [0.4, 0.5) is 0 Å². The van der Waals surface area contributed by atoms with Gasteiger partial charge in [0.25, 0.3) is 0 Å². The molecule has 86 valence electrons. The van der Waals surface area contributed by atoms with Crippen molar-refractivity contribution < 1.29 is 0 Å². The molecule has 1 aliphatic rings. The molecule has 16 heavy (non-hydrogen) atoms. The van der Waals surface area contributed by atoms with Crippen molar-refractivity contribution >= 4 is 0 Å². The van der Waals surface area contributed by atoms with Crippen molar-refractivity contribution in [1.29, 1.82) is 0 Å². The second-order valence-corrected chi connectivity index (χ2v) is 4.86. The van der Waals surface area contributed by atoms with Crippen LogP contribution in [0.3, 0.4) is 0 Å². The first-order valence-electron chi connectivity index (χ1n) is 6.04. The van der Waals surface area contributed by atoms with E-state index in [2.05, 4.69) is 51.3 Å². The van der Waals surface area contributed by atoms with Crippen LogP contribution in [0.1, 0.15) is 48.2 Å². The van der Waals surface area contributed by atoms with E-state index in [1.54, 1.807) is 0 Å². The minimum Gasteiger partial charge on any atom is -0.286 e. The molecule has 1 nitrogen and oxygen atoms in total. The van der Waals surface area contributed by atoms with Crippen LogP contribution < -0.4 is 0 Å². The Morgan fingerprint density at radius 1 is 1.12 bits per heavy atom. The summed E-state index contributed by atoms with van der Waals surface area (Å²) in [5, 5.41) is 0. The zero-order valence-corrected chi connectivity index (χ0v) is 10.7. The molecule has 0 aromatic heterocycles. The van der Waals surface area contributed by atoms with Gasteiger partial charge in [0.2, 0.25) is 0 Å². The van der Waals surface area contributed by atoms with Gasteiger partial charge in [0.1, 0.15) is 0 Å². The van der Waals surface area contributed by atoms with Gasteiger partial charge in [0.05, 0.1) is 0 Å². The van der Waals surface area contributed by atoms with E-state index in [4.69, 9.17) is 0 Å². The highest BCUT2D eigenvalue weighted by atomic mass is 15.2. The maximum absolute atomic E-state index is 3.86. The van der Waals surface area contributed by atoms with Crippen molar-refractivity contribution in [2.24, 2.45) is 0 Å². The van der Waals surface area contributed by atoms with E-state index >= 15 is 0 Å². The van der Waals surface area contributed by atoms with Gasteiger partial charge >= 0.3 is 0 Å². The second-order valence-electron chi connectivity index (χ2n) is 4.86. The Balaban J connectivity index is 2.54. The zero-order valence-electron chi connectivity index (χ0n) is 10.7. The van der Waals surface area contributed by atoms with Crippen molar-refractivity contribution in [3.63, 3.8) is 0 Å². The van der Waals surface area contributed by atoms with Gasteiger partial charge in [-0.15, -0.1) is 6.58 Å². The lowest BCUT2D eigenvalue weighted by Gasteiger charge is -2.25. The van der Waals surface area contributed by atoms with E-state index in [0.29, 0.717) is 12.1 Å². The summed E-state index contributed by atoms with van der Waals surface area (Å²) < 4.78 is 0. The molecule has 0 N–H and O–H groups in total. The highest BCUT2D eigenvalue weighted by Crippen LogP contribution is 2.44. The smallest absolute Gasteiger partial charge is 0.0335 e. The van der Waals surface area contributed by atoms with Crippen LogP contribution in [0.25, 0.3) is 0 Å². The van der Waals surface area contributed by atoms with E-state index in [-0.39, 0.29) is 0 Å². The summed E-state index contributed by atoms with van der Waals surface area (Å²) in [5.74, 6) is 0. The van der Waals surface area contributed by atoms with Gasteiger partial charge in [0, 0.05) is 18.6 Å². The average Bonchev–Trinajstić information content (AvgIpc) is 2.50. The van der Waals surface area contributed by atoms with Crippen LogP contribution in [0, 0.1) is 13.8 Å². The molecule has 2 atom stereocenters. The van der Waals surface area contributed by atoms with Crippen LogP contribution in [-0.4, -0.2) is 11.4 Å². The van der Waals surface area contributed by atoms with Gasteiger partial charge in [-0.1, -0.05) is 18.2 Å². The van der Waals surface area contributed by atoms with Crippen molar-refractivity contribution in [3.8, 4) is 0 Å². The minimum absolute atomic E-state index is 0.517. The van der Waals surface area contributed by atoms with Gasteiger partial charge in [-0.25, -0.2) is 0 Å². The molecule has 1 aliphatic heterocycles. The van der Waals surface area contributed by atoms with Crippen molar-refractivity contribution in [1.82, 2.24) is 4.90 Å². The number of hydrogen-bond donors (Lipinski definition) is 0. The fraction of sp³-hybridized carbons (Fsp3) is 0.467. The van der Waals surface area contributed by atoms with Gasteiger partial charge < -0.3 is 0 Å². The Morgan fingerprint density at radius 3 is 1.94 bits per heavy atom. The number of nitrogens with zero attached hydrogens (tertiary/aromatic N) is 1. The third-order valence-electron chi connectivity index (χ3n) is 3.89. The Bertz CT molecular complexity index is 385. The van der Waals surface area contributed by atoms with Crippen LogP contribution in [0.15, 0.2) is 24.8 Å². The lowest BCUT2D eigenvalue weighted by Crippen LogP contribution is -2.23. The average molecular weight is 215 g/mol. The van der Waals surface area contributed by atoms with Gasteiger partial charge in [-0.2, -0.15) is 0 Å². The molecule has 0 spiro atoms. The third kappa shape index (κ3) is 1.51. The van der Waals surface area contributed by atoms with Gasteiger partial charge in [0.15, 0.2) is 0 Å². The molecule has 1 heteroatoms. The van der Waals surface area contributed by atoms with Gasteiger partial charge in [-0.05, 0) is 49.9 Å². The largest absolute Gasteiger partial charge is 0.286 e. The number of rotatable bonds is 2. The van der Waals surface area contributed by atoms with Crippen LogP contribution >= 0.6 is 0 Å². The minimum atomic E-state index is 0.517. The van der Waals surface area contributed by atoms with Crippen molar-refractivity contribution in [2.45, 2.75) is 39.8 Å². The number of hydrogen-bond acceptors (Lipinski definition) is 1. The van der Waals surface area contributed by atoms with E-state index in [0.717, 1.165) is 6.54 Å². The SMILES string of the molecule is C=CCN1C(C)c2c(C)ccc(C)c2C1C. The van der Waals surface area contributed by atoms with Crippen molar-refractivity contribution in [3.05, 3.63) is 47.0 Å². The maximum atomic E-state index is 3.86. The van der Waals surface area contributed by atoms with Crippen molar-refractivity contribution in [2.75, 3.05) is 6.54 Å². The number of aryl methyl sites for hydroxylation is 2. The summed E-state index contributed by atoms with van der Waals surface area (Å²) in [6.45, 7) is 13.9. The van der Waals surface area contributed by atoms with E-state index < -0.39 is 0 Å². The zero-order chi connectivity index (χ0) is 11.9. The summed E-state index contributed by atoms with van der Waals surface area (Å²) in [4.78, 5) is 2.51. The molecule has 2 rings (SSSR count). The molecule has 0 saturated carbocycles. The molecular weight excluding hydrogens is 194 g/mol. The quantitative estimate of drug-likeness (QED) is 0.676. The Hall–Kier alpha value is -1.08. The Morgan fingerprint density at radius 2 is 1.56 bits per heavy atom. The molecule has 1 aromatic rings. The van der Waals surface area contributed by atoms with Crippen LogP contribution in [-0.2, 0) is 0 Å². The normalized spacial score (nSPS) is 24.5. The third-order valence-corrected chi connectivity index (χ3v) is 3.89. The molecular formula is C15H21N. The van der Waals surface area contributed by atoms with Gasteiger partial charge in [-0.3, -0.25) is 4.90 Å². The molecule has 0 aliphatic carbocycles. The number of fused-ring (bicyclic) bond motifs is 1. The molecule has 0 fully saturated rings. The topological polar surface area (TPSA) is 3.24 Å². The predicted molar refractivity (Wildman–Crippen MR) is 69.6 cm³/mol. The van der Waals surface area contributed by atoms with Crippen LogP contribution in [0.5, 0.6) is 0 Å². The fourth-order valence-corrected chi connectivity index (χ4v) is 3.10. The first-order chi connectivity index (χ1) is 7.57. The highest BCUT2D eigenvalue weighted by molar-refractivity contribution is 5.47. The summed E-state index contributed by atoms with van der Waals surface area (Å²) in [6.07, 6.45) is 2.00. The predicted octanol–water partition coefficient (Wildman–Crippen LogP) is 3.93. The lowest BCUT2D eigenvalue weighted by molar-refractivity contribution is 0.205. The van der Waals surface area contributed by atoms with E-state index in [9.17, 15) is 0 Å². The summed E-state index contributed by atoms with van der Waals surface area (Å²) in [6, 6.07) is 5.52. The molecule has 1 aromatic carbocycles. The molecule has 2 unspecified atom stereocenters. The van der Waals surface area contributed by atoms with E-state index in [1.807, 2.05) is 6.08 Å². The standard InChI is InChI=1S/C15H21N/c1-6-9-16-12(4)14-10(2)7-8-11(3)15(14)13(16)5/h6-8,12-13H,1,9H2,2-5H3. The number of benzene rings is 1. The first kappa shape index (κ1) is 11.4. The highest BCUT2D eigenvalue weighted by Gasteiger charge is 2.34. The molecule has 0 saturated heterocycles. The second kappa shape index (κ2) is 4.06. The summed E-state index contributed by atoms with van der Waals surface area (Å²) in [5.41, 5.74) is 5.92. The maximum Gasteiger partial charge on any atom is 0.0335 e. The monoisotopic (exact) mass is 215 g/mol. The Kier molecular flexibility index (Phi) is 2.90. The molecule has 0 bridgehead atoms. The van der Waals surface area contributed by atoms with Crippen LogP contribution in [0.2, 0.25) is 0 Å². The summed E-state index contributed by atoms with van der Waals surface area (Å²) >= 11 is 0. The fourth-order valence-electron chi connectivity index (χ4n) is 3.10. The lowest BCUT2D eigenvalue weighted by atomic mass is 9.94. The van der Waals surface area contributed by atoms with E-state index in [1.165, 1.54) is 22.3 Å². The Labute approximate surface area is 98.8 Å². The molecule has 1 heterocycles. The molecule has 0 radical (unpaired) electrons. The molecule has 0 amide bonds.